The van der Waals surface area contributed by atoms with Gasteiger partial charge < -0.3 is 9.47 Å². The van der Waals surface area contributed by atoms with Crippen molar-refractivity contribution in [2.75, 3.05) is 6.61 Å². The summed E-state index contributed by atoms with van der Waals surface area (Å²) in [7, 11) is 0. The number of hydrogen-bond donors (Lipinski definition) is 0. The zero-order valence-corrected chi connectivity index (χ0v) is 9.35. The Morgan fingerprint density at radius 3 is 2.67 bits per heavy atom. The molecule has 0 spiro atoms. The molecule has 0 amide bonds. The molecular formula is C13H18O2. The molecule has 1 fully saturated rings. The van der Waals surface area contributed by atoms with E-state index >= 15 is 0 Å². The highest BCUT2D eigenvalue weighted by Gasteiger charge is 2.24. The van der Waals surface area contributed by atoms with Crippen molar-refractivity contribution in [1.29, 1.82) is 0 Å². The van der Waals surface area contributed by atoms with Crippen molar-refractivity contribution < 1.29 is 9.47 Å². The first-order chi connectivity index (χ1) is 7.25. The van der Waals surface area contributed by atoms with Gasteiger partial charge in [0.25, 0.3) is 0 Å². The zero-order chi connectivity index (χ0) is 10.7. The van der Waals surface area contributed by atoms with Gasteiger partial charge in [0.1, 0.15) is 0 Å². The molecule has 0 radical (unpaired) electrons. The first kappa shape index (κ1) is 10.7. The summed E-state index contributed by atoms with van der Waals surface area (Å²) in [5.74, 6) is 0.487. The Balaban J connectivity index is 1.90. The molecule has 82 valence electrons. The van der Waals surface area contributed by atoms with Crippen molar-refractivity contribution in [2.24, 2.45) is 0 Å². The first-order valence-electron chi connectivity index (χ1n) is 5.57. The molecule has 2 heteroatoms. The van der Waals surface area contributed by atoms with E-state index in [1.54, 1.807) is 0 Å². The molecule has 0 aliphatic carbocycles. The summed E-state index contributed by atoms with van der Waals surface area (Å²) in [6.45, 7) is 4.99. The molecule has 0 unspecified atom stereocenters. The van der Waals surface area contributed by atoms with Crippen LogP contribution in [0.1, 0.15) is 31.7 Å². The third kappa shape index (κ3) is 2.80. The van der Waals surface area contributed by atoms with E-state index in [9.17, 15) is 0 Å². The van der Waals surface area contributed by atoms with E-state index in [1.165, 1.54) is 5.56 Å². The highest BCUT2D eigenvalue weighted by atomic mass is 16.7. The second kappa shape index (κ2) is 4.77. The number of benzene rings is 1. The molecule has 2 nitrogen and oxygen atoms in total. The summed E-state index contributed by atoms with van der Waals surface area (Å²) in [4.78, 5) is 0. The van der Waals surface area contributed by atoms with Crippen LogP contribution in [0.3, 0.4) is 0 Å². The minimum absolute atomic E-state index is 0.0183. The van der Waals surface area contributed by atoms with E-state index in [1.807, 2.05) is 13.0 Å². The second-order valence-corrected chi connectivity index (χ2v) is 4.26. The molecule has 0 N–H and O–H groups in total. The lowest BCUT2D eigenvalue weighted by atomic mass is 9.98. The average molecular weight is 206 g/mol. The molecule has 0 saturated carbocycles. The molecule has 3 atom stereocenters. The van der Waals surface area contributed by atoms with Crippen LogP contribution in [0, 0.1) is 0 Å². The van der Waals surface area contributed by atoms with Crippen molar-refractivity contribution in [2.45, 2.75) is 38.6 Å². The lowest BCUT2D eigenvalue weighted by Crippen LogP contribution is -2.12. The van der Waals surface area contributed by atoms with Crippen LogP contribution < -0.4 is 0 Å². The number of hydrogen-bond acceptors (Lipinski definition) is 2. The Morgan fingerprint density at radius 2 is 2.07 bits per heavy atom. The summed E-state index contributed by atoms with van der Waals surface area (Å²) in [5, 5.41) is 0. The van der Waals surface area contributed by atoms with Gasteiger partial charge >= 0.3 is 0 Å². The zero-order valence-electron chi connectivity index (χ0n) is 9.35. The number of ether oxygens (including phenoxy) is 2. The lowest BCUT2D eigenvalue weighted by molar-refractivity contribution is -0.0624. The Kier molecular flexibility index (Phi) is 3.39. The topological polar surface area (TPSA) is 18.5 Å². The van der Waals surface area contributed by atoms with Crippen LogP contribution in [-0.2, 0) is 9.47 Å². The summed E-state index contributed by atoms with van der Waals surface area (Å²) >= 11 is 0. The SMILES string of the molecule is C[C@@H]1CO[C@@H](C[C@@H](C)c2ccccc2)O1. The van der Waals surface area contributed by atoms with Gasteiger partial charge in [-0.1, -0.05) is 37.3 Å². The van der Waals surface area contributed by atoms with Crippen LogP contribution in [0.5, 0.6) is 0 Å². The summed E-state index contributed by atoms with van der Waals surface area (Å²) in [5.41, 5.74) is 1.35. The first-order valence-corrected chi connectivity index (χ1v) is 5.57. The minimum Gasteiger partial charge on any atom is -0.350 e. The van der Waals surface area contributed by atoms with E-state index in [-0.39, 0.29) is 12.4 Å². The lowest BCUT2D eigenvalue weighted by Gasteiger charge is -2.16. The third-order valence-electron chi connectivity index (χ3n) is 2.82. The molecule has 2 rings (SSSR count). The summed E-state index contributed by atoms with van der Waals surface area (Å²) in [6.07, 6.45) is 1.17. The van der Waals surface area contributed by atoms with Gasteiger partial charge in [0.15, 0.2) is 6.29 Å². The Labute approximate surface area is 91.2 Å². The molecule has 0 aromatic heterocycles. The predicted octanol–water partition coefficient (Wildman–Crippen LogP) is 2.94. The molecule has 0 bridgehead atoms. The Hall–Kier alpha value is -0.860. The summed E-state index contributed by atoms with van der Waals surface area (Å²) < 4.78 is 11.2. The van der Waals surface area contributed by atoms with E-state index in [0.29, 0.717) is 5.92 Å². The smallest absolute Gasteiger partial charge is 0.158 e. The van der Waals surface area contributed by atoms with Crippen molar-refractivity contribution in [1.82, 2.24) is 0 Å². The van der Waals surface area contributed by atoms with E-state index in [4.69, 9.17) is 9.47 Å². The highest BCUT2D eigenvalue weighted by molar-refractivity contribution is 5.18. The molecule has 1 aliphatic heterocycles. The monoisotopic (exact) mass is 206 g/mol. The summed E-state index contributed by atoms with van der Waals surface area (Å²) in [6, 6.07) is 10.5. The second-order valence-electron chi connectivity index (χ2n) is 4.26. The highest BCUT2D eigenvalue weighted by Crippen LogP contribution is 2.25. The molecule has 15 heavy (non-hydrogen) atoms. The van der Waals surface area contributed by atoms with Gasteiger partial charge in [0, 0.05) is 6.42 Å². The molecular weight excluding hydrogens is 188 g/mol. The van der Waals surface area contributed by atoms with Crippen LogP contribution in [0.25, 0.3) is 0 Å². The maximum absolute atomic E-state index is 5.63. The van der Waals surface area contributed by atoms with E-state index in [2.05, 4.69) is 31.2 Å². The normalized spacial score (nSPS) is 27.9. The Morgan fingerprint density at radius 1 is 1.33 bits per heavy atom. The maximum atomic E-state index is 5.63. The van der Waals surface area contributed by atoms with Crippen LogP contribution in [0.2, 0.25) is 0 Å². The van der Waals surface area contributed by atoms with Gasteiger partial charge in [-0.3, -0.25) is 0 Å². The third-order valence-corrected chi connectivity index (χ3v) is 2.82. The largest absolute Gasteiger partial charge is 0.350 e. The maximum Gasteiger partial charge on any atom is 0.158 e. The van der Waals surface area contributed by atoms with Gasteiger partial charge in [-0.05, 0) is 18.4 Å². The van der Waals surface area contributed by atoms with Crippen LogP contribution in [0.4, 0.5) is 0 Å². The van der Waals surface area contributed by atoms with Crippen molar-refractivity contribution >= 4 is 0 Å². The van der Waals surface area contributed by atoms with E-state index in [0.717, 1.165) is 13.0 Å². The molecule has 1 saturated heterocycles. The van der Waals surface area contributed by atoms with E-state index < -0.39 is 0 Å². The van der Waals surface area contributed by atoms with Crippen molar-refractivity contribution in [3.63, 3.8) is 0 Å². The molecule has 1 aromatic carbocycles. The number of rotatable bonds is 3. The quantitative estimate of drug-likeness (QED) is 0.757. The average Bonchev–Trinajstić information content (AvgIpc) is 2.65. The minimum atomic E-state index is -0.0183. The molecule has 1 aliphatic rings. The van der Waals surface area contributed by atoms with Crippen LogP contribution in [0.15, 0.2) is 30.3 Å². The fraction of sp³-hybridized carbons (Fsp3) is 0.538. The Bertz CT molecular complexity index is 297. The van der Waals surface area contributed by atoms with Gasteiger partial charge in [0.2, 0.25) is 0 Å². The van der Waals surface area contributed by atoms with Crippen LogP contribution in [-0.4, -0.2) is 19.0 Å². The van der Waals surface area contributed by atoms with Gasteiger partial charge in [0.05, 0.1) is 12.7 Å². The van der Waals surface area contributed by atoms with Crippen molar-refractivity contribution in [3.05, 3.63) is 35.9 Å². The fourth-order valence-electron chi connectivity index (χ4n) is 1.91. The molecule has 1 aromatic rings. The van der Waals surface area contributed by atoms with Gasteiger partial charge in [-0.2, -0.15) is 0 Å². The predicted molar refractivity (Wildman–Crippen MR) is 59.8 cm³/mol. The fourth-order valence-corrected chi connectivity index (χ4v) is 1.91. The molecule has 1 heterocycles. The van der Waals surface area contributed by atoms with Crippen LogP contribution >= 0.6 is 0 Å². The van der Waals surface area contributed by atoms with Crippen molar-refractivity contribution in [3.8, 4) is 0 Å². The van der Waals surface area contributed by atoms with Gasteiger partial charge in [-0.15, -0.1) is 0 Å². The standard InChI is InChI=1S/C13H18O2/c1-10(12-6-4-3-5-7-12)8-13-14-9-11(2)15-13/h3-7,10-11,13H,8-9H2,1-2H3/t10-,11-,13-/m1/s1. The van der Waals surface area contributed by atoms with Gasteiger partial charge in [-0.25, -0.2) is 0 Å².